The number of carbonyl (C=O) groups is 1. The second-order valence-corrected chi connectivity index (χ2v) is 6.63. The first-order valence-electron chi connectivity index (χ1n) is 5.94. The molecule has 0 bridgehead atoms. The lowest BCUT2D eigenvalue weighted by molar-refractivity contribution is -0.133. The van der Waals surface area contributed by atoms with Gasteiger partial charge >= 0.3 is 0 Å². The molecule has 1 aliphatic heterocycles. The lowest BCUT2D eigenvalue weighted by Gasteiger charge is -2.21. The highest BCUT2D eigenvalue weighted by Gasteiger charge is 2.25. The topological polar surface area (TPSA) is 29.5 Å². The third kappa shape index (κ3) is 3.60. The molecule has 0 aliphatic carbocycles. The fourth-order valence-electron chi connectivity index (χ4n) is 2.14. The fraction of sp³-hybridized carbons (Fsp3) is 0.462. The summed E-state index contributed by atoms with van der Waals surface area (Å²) in [4.78, 5) is 13.9. The minimum atomic E-state index is 0.0787. The first-order chi connectivity index (χ1) is 8.56. The maximum Gasteiger partial charge on any atom is 0.260 e. The first-order valence-corrected chi connectivity index (χ1v) is 7.82. The summed E-state index contributed by atoms with van der Waals surface area (Å²) in [5.41, 5.74) is 0. The Bertz CT molecular complexity index is 432. The molecule has 2 rings (SSSR count). The van der Waals surface area contributed by atoms with Gasteiger partial charge in [0.1, 0.15) is 5.75 Å². The summed E-state index contributed by atoms with van der Waals surface area (Å²) >= 11 is 5.64. The molecule has 1 amide bonds. The Hall–Kier alpha value is -0.300. The van der Waals surface area contributed by atoms with E-state index in [1.807, 2.05) is 23.1 Å². The van der Waals surface area contributed by atoms with Gasteiger partial charge in [0.2, 0.25) is 0 Å². The number of likely N-dealkylation sites (tertiary alicyclic amines) is 1. The van der Waals surface area contributed by atoms with E-state index in [0.717, 1.165) is 33.2 Å². The van der Waals surface area contributed by atoms with E-state index in [1.54, 1.807) is 0 Å². The number of benzene rings is 1. The van der Waals surface area contributed by atoms with Crippen LogP contribution in [0.15, 0.2) is 22.7 Å². The molecule has 1 unspecified atom stereocenters. The SMILES string of the molecule is CC1CCCN1C(=O)COc1cc(Br)cc(I)c1. The van der Waals surface area contributed by atoms with Crippen LogP contribution >= 0.6 is 38.5 Å². The van der Waals surface area contributed by atoms with Crippen molar-refractivity contribution in [3.63, 3.8) is 0 Å². The van der Waals surface area contributed by atoms with Crippen LogP contribution in [0.25, 0.3) is 0 Å². The largest absolute Gasteiger partial charge is 0.484 e. The van der Waals surface area contributed by atoms with E-state index in [1.165, 1.54) is 0 Å². The van der Waals surface area contributed by atoms with Crippen LogP contribution in [0.5, 0.6) is 5.75 Å². The van der Waals surface area contributed by atoms with E-state index in [0.29, 0.717) is 6.04 Å². The molecule has 18 heavy (non-hydrogen) atoms. The van der Waals surface area contributed by atoms with Crippen molar-refractivity contribution in [2.24, 2.45) is 0 Å². The lowest BCUT2D eigenvalue weighted by atomic mass is 10.2. The summed E-state index contributed by atoms with van der Waals surface area (Å²) in [7, 11) is 0. The molecule has 98 valence electrons. The second kappa shape index (κ2) is 6.23. The Morgan fingerprint density at radius 1 is 1.56 bits per heavy atom. The van der Waals surface area contributed by atoms with Gasteiger partial charge in [-0.3, -0.25) is 4.79 Å². The van der Waals surface area contributed by atoms with E-state index >= 15 is 0 Å². The van der Waals surface area contributed by atoms with E-state index in [4.69, 9.17) is 4.74 Å². The monoisotopic (exact) mass is 423 g/mol. The molecule has 0 radical (unpaired) electrons. The Kier molecular flexibility index (Phi) is 4.89. The molecule has 1 saturated heterocycles. The number of rotatable bonds is 3. The standard InChI is InChI=1S/C13H15BrINO2/c1-9-3-2-4-16(9)13(17)8-18-12-6-10(14)5-11(15)7-12/h5-7,9H,2-4,8H2,1H3. The van der Waals surface area contributed by atoms with E-state index in [2.05, 4.69) is 45.4 Å². The van der Waals surface area contributed by atoms with Crippen LogP contribution < -0.4 is 4.74 Å². The van der Waals surface area contributed by atoms with E-state index < -0.39 is 0 Å². The van der Waals surface area contributed by atoms with Crippen LogP contribution in [-0.2, 0) is 4.79 Å². The highest BCUT2D eigenvalue weighted by Crippen LogP contribution is 2.23. The number of amides is 1. The van der Waals surface area contributed by atoms with Crippen LogP contribution in [0.4, 0.5) is 0 Å². The predicted molar refractivity (Wildman–Crippen MR) is 82.8 cm³/mol. The lowest BCUT2D eigenvalue weighted by Crippen LogP contribution is -2.37. The normalized spacial score (nSPS) is 19.1. The molecule has 1 heterocycles. The summed E-state index contributed by atoms with van der Waals surface area (Å²) in [6, 6.07) is 6.15. The molecule has 5 heteroatoms. The van der Waals surface area contributed by atoms with Crippen molar-refractivity contribution in [2.75, 3.05) is 13.2 Å². The van der Waals surface area contributed by atoms with Crippen molar-refractivity contribution >= 4 is 44.4 Å². The maximum absolute atomic E-state index is 12.0. The number of hydrogen-bond acceptors (Lipinski definition) is 2. The zero-order valence-electron chi connectivity index (χ0n) is 10.2. The molecule has 1 aliphatic rings. The van der Waals surface area contributed by atoms with Gasteiger partial charge in [-0.05, 0) is 60.6 Å². The van der Waals surface area contributed by atoms with Crippen molar-refractivity contribution in [2.45, 2.75) is 25.8 Å². The summed E-state index contributed by atoms with van der Waals surface area (Å²) in [5.74, 6) is 0.809. The molecule has 0 aromatic heterocycles. The minimum Gasteiger partial charge on any atom is -0.484 e. The zero-order chi connectivity index (χ0) is 13.1. The van der Waals surface area contributed by atoms with Crippen LogP contribution in [0.2, 0.25) is 0 Å². The quantitative estimate of drug-likeness (QED) is 0.697. The number of nitrogens with zero attached hydrogens (tertiary/aromatic N) is 1. The van der Waals surface area contributed by atoms with Gasteiger partial charge in [-0.25, -0.2) is 0 Å². The van der Waals surface area contributed by atoms with Gasteiger partial charge in [0, 0.05) is 20.6 Å². The third-order valence-electron chi connectivity index (χ3n) is 3.07. The summed E-state index contributed by atoms with van der Waals surface area (Å²) in [6.07, 6.45) is 2.20. The van der Waals surface area contributed by atoms with Crippen molar-refractivity contribution in [3.05, 3.63) is 26.2 Å². The molecule has 3 nitrogen and oxygen atoms in total. The van der Waals surface area contributed by atoms with Gasteiger partial charge in [-0.2, -0.15) is 0 Å². The highest BCUT2D eigenvalue weighted by molar-refractivity contribution is 14.1. The number of carbonyl (C=O) groups excluding carboxylic acids is 1. The van der Waals surface area contributed by atoms with Gasteiger partial charge in [-0.1, -0.05) is 15.9 Å². The summed E-state index contributed by atoms with van der Waals surface area (Å²) in [6.45, 7) is 3.07. The second-order valence-electron chi connectivity index (χ2n) is 4.47. The molecule has 0 saturated carbocycles. The maximum atomic E-state index is 12.0. The average molecular weight is 424 g/mol. The molecule has 1 fully saturated rings. The molecule has 0 N–H and O–H groups in total. The van der Waals surface area contributed by atoms with E-state index in [9.17, 15) is 4.79 Å². The highest BCUT2D eigenvalue weighted by atomic mass is 127. The number of hydrogen-bond donors (Lipinski definition) is 0. The van der Waals surface area contributed by atoms with Crippen molar-refractivity contribution in [1.82, 2.24) is 4.90 Å². The average Bonchev–Trinajstić information content (AvgIpc) is 2.71. The smallest absolute Gasteiger partial charge is 0.260 e. The third-order valence-corrected chi connectivity index (χ3v) is 4.15. The molecular weight excluding hydrogens is 409 g/mol. The molecule has 1 aromatic rings. The Labute approximate surface area is 129 Å². The van der Waals surface area contributed by atoms with Crippen LogP contribution in [0.1, 0.15) is 19.8 Å². The minimum absolute atomic E-state index is 0.0787. The van der Waals surface area contributed by atoms with E-state index in [-0.39, 0.29) is 12.5 Å². The first kappa shape index (κ1) is 14.1. The van der Waals surface area contributed by atoms with Gasteiger partial charge in [0.05, 0.1) is 0 Å². The number of ether oxygens (including phenoxy) is 1. The summed E-state index contributed by atoms with van der Waals surface area (Å²) in [5, 5.41) is 0. The van der Waals surface area contributed by atoms with Crippen molar-refractivity contribution in [3.8, 4) is 5.75 Å². The predicted octanol–water partition coefficient (Wildman–Crippen LogP) is 3.44. The van der Waals surface area contributed by atoms with Gasteiger partial charge in [0.15, 0.2) is 6.61 Å². The van der Waals surface area contributed by atoms with Crippen molar-refractivity contribution in [1.29, 1.82) is 0 Å². The molecule has 0 spiro atoms. The Balaban J connectivity index is 1.92. The number of halogens is 2. The van der Waals surface area contributed by atoms with Gasteiger partial charge in [0.25, 0.3) is 5.91 Å². The molecule has 1 aromatic carbocycles. The zero-order valence-corrected chi connectivity index (χ0v) is 13.9. The Morgan fingerprint density at radius 3 is 2.94 bits per heavy atom. The summed E-state index contributed by atoms with van der Waals surface area (Å²) < 4.78 is 7.61. The molecular formula is C13H15BrINO2. The van der Waals surface area contributed by atoms with Gasteiger partial charge < -0.3 is 9.64 Å². The van der Waals surface area contributed by atoms with Gasteiger partial charge in [-0.15, -0.1) is 0 Å². The van der Waals surface area contributed by atoms with Crippen LogP contribution in [0.3, 0.4) is 0 Å². The van der Waals surface area contributed by atoms with Crippen molar-refractivity contribution < 1.29 is 9.53 Å². The van der Waals surface area contributed by atoms with Crippen LogP contribution in [0, 0.1) is 3.57 Å². The van der Waals surface area contributed by atoms with Crippen LogP contribution in [-0.4, -0.2) is 30.0 Å². The Morgan fingerprint density at radius 2 is 2.33 bits per heavy atom. The fourth-order valence-corrected chi connectivity index (χ4v) is 3.69. The molecule has 1 atom stereocenters.